The molecule has 0 spiro atoms. The number of rotatable bonds is 0. The van der Waals surface area contributed by atoms with Gasteiger partial charge in [0.25, 0.3) is 0 Å². The molecule has 0 saturated carbocycles. The van der Waals surface area contributed by atoms with Crippen molar-refractivity contribution in [3.05, 3.63) is 53.7 Å². The standard InChI is InChI=1S/C14H10.C2H6/c1-10-8-9-12-5-2-4-11-6-3-7-13(10)14(11)12;1-2/h2-9H,1H2;1-2H3. The summed E-state index contributed by atoms with van der Waals surface area (Å²) in [6, 6.07) is 17.0. The Morgan fingerprint density at radius 3 is 2.00 bits per heavy atom. The summed E-state index contributed by atoms with van der Waals surface area (Å²) in [5, 5.41) is 6.30. The summed E-state index contributed by atoms with van der Waals surface area (Å²) >= 11 is 0. The van der Waals surface area contributed by atoms with E-state index in [1.165, 1.54) is 21.5 Å². The van der Waals surface area contributed by atoms with Crippen LogP contribution < -0.4 is 5.22 Å². The van der Waals surface area contributed by atoms with Crippen LogP contribution in [0.5, 0.6) is 0 Å². The van der Waals surface area contributed by atoms with Crippen LogP contribution in [0.15, 0.2) is 48.5 Å². The number of hydrogen-bond acceptors (Lipinski definition) is 0. The minimum Gasteiger partial charge on any atom is -0.0911 e. The van der Waals surface area contributed by atoms with Crippen LogP contribution in [-0.4, -0.2) is 0 Å². The fourth-order valence-electron chi connectivity index (χ4n) is 2.06. The monoisotopic (exact) mass is 208 g/mol. The Balaban J connectivity index is 0.000000457. The molecule has 3 rings (SSSR count). The zero-order valence-corrected chi connectivity index (χ0v) is 9.83. The molecule has 0 aliphatic carbocycles. The molecule has 0 unspecified atom stereocenters. The predicted octanol–water partition coefficient (Wildman–Crippen LogP) is 4.15. The summed E-state index contributed by atoms with van der Waals surface area (Å²) in [5.74, 6) is 0. The highest BCUT2D eigenvalue weighted by Crippen LogP contribution is 2.23. The Kier molecular flexibility index (Phi) is 2.91. The van der Waals surface area contributed by atoms with Crippen molar-refractivity contribution in [3.63, 3.8) is 0 Å². The lowest BCUT2D eigenvalue weighted by molar-refractivity contribution is 1.50. The van der Waals surface area contributed by atoms with Gasteiger partial charge >= 0.3 is 0 Å². The molecule has 0 heterocycles. The summed E-state index contributed by atoms with van der Waals surface area (Å²) in [6.07, 6.45) is 0. The zero-order valence-electron chi connectivity index (χ0n) is 9.83. The smallest absolute Gasteiger partial charge is 0.00331 e. The van der Waals surface area contributed by atoms with E-state index in [0.29, 0.717) is 0 Å². The van der Waals surface area contributed by atoms with Crippen molar-refractivity contribution in [2.75, 3.05) is 0 Å². The van der Waals surface area contributed by atoms with Gasteiger partial charge in [-0.1, -0.05) is 69.0 Å². The molecule has 0 heteroatoms. The Labute approximate surface area is 96.2 Å². The maximum absolute atomic E-state index is 4.05. The SMILES string of the molecule is C=c1ccc2cccc3cccc1c32.CC. The molecular formula is C16H16. The van der Waals surface area contributed by atoms with Crippen LogP contribution in [0.2, 0.25) is 0 Å². The molecule has 0 aliphatic rings. The Morgan fingerprint density at radius 1 is 0.750 bits per heavy atom. The Morgan fingerprint density at radius 2 is 1.31 bits per heavy atom. The van der Waals surface area contributed by atoms with Gasteiger partial charge in [0.1, 0.15) is 0 Å². The number of benzene rings is 3. The molecule has 0 N–H and O–H groups in total. The molecule has 0 fully saturated rings. The first-order chi connectivity index (χ1) is 7.86. The first kappa shape index (κ1) is 10.7. The van der Waals surface area contributed by atoms with Crippen LogP contribution in [0.25, 0.3) is 28.1 Å². The van der Waals surface area contributed by atoms with Crippen LogP contribution in [-0.2, 0) is 0 Å². The second kappa shape index (κ2) is 4.36. The van der Waals surface area contributed by atoms with Gasteiger partial charge < -0.3 is 0 Å². The summed E-state index contributed by atoms with van der Waals surface area (Å²) in [4.78, 5) is 0. The first-order valence-electron chi connectivity index (χ1n) is 5.75. The predicted molar refractivity (Wildman–Crippen MR) is 73.5 cm³/mol. The average molecular weight is 208 g/mol. The van der Waals surface area contributed by atoms with Crippen LogP contribution in [0.4, 0.5) is 0 Å². The molecule has 0 saturated heterocycles. The third-order valence-corrected chi connectivity index (χ3v) is 2.75. The summed E-state index contributed by atoms with van der Waals surface area (Å²) < 4.78 is 0. The molecule has 3 aromatic carbocycles. The molecular weight excluding hydrogens is 192 g/mol. The normalized spacial score (nSPS) is 10.1. The van der Waals surface area contributed by atoms with Gasteiger partial charge in [-0.2, -0.15) is 0 Å². The van der Waals surface area contributed by atoms with E-state index < -0.39 is 0 Å². The summed E-state index contributed by atoms with van der Waals surface area (Å²) in [5.41, 5.74) is 0. The lowest BCUT2D eigenvalue weighted by atomic mass is 10.00. The lowest BCUT2D eigenvalue weighted by Crippen LogP contribution is -1.98. The molecule has 0 aromatic heterocycles. The fraction of sp³-hybridized carbons (Fsp3) is 0.125. The van der Waals surface area contributed by atoms with Crippen LogP contribution in [0.1, 0.15) is 13.8 Å². The second-order valence-corrected chi connectivity index (χ2v) is 3.61. The molecule has 80 valence electrons. The third-order valence-electron chi connectivity index (χ3n) is 2.75. The van der Waals surface area contributed by atoms with E-state index in [1.807, 2.05) is 13.8 Å². The van der Waals surface area contributed by atoms with Gasteiger partial charge in [-0.3, -0.25) is 0 Å². The van der Waals surface area contributed by atoms with Crippen LogP contribution in [0.3, 0.4) is 0 Å². The third kappa shape index (κ3) is 1.57. The van der Waals surface area contributed by atoms with E-state index in [0.717, 1.165) is 5.22 Å². The van der Waals surface area contributed by atoms with Gasteiger partial charge in [0.15, 0.2) is 0 Å². The molecule has 3 aromatic rings. The van der Waals surface area contributed by atoms with Gasteiger partial charge in [0.2, 0.25) is 0 Å². The molecule has 0 aliphatic heterocycles. The second-order valence-electron chi connectivity index (χ2n) is 3.61. The Hall–Kier alpha value is -1.82. The Bertz CT molecular complexity index is 627. The zero-order chi connectivity index (χ0) is 11.5. The quantitative estimate of drug-likeness (QED) is 0.520. The van der Waals surface area contributed by atoms with Crippen molar-refractivity contribution in [3.8, 4) is 0 Å². The van der Waals surface area contributed by atoms with Gasteiger partial charge in [0, 0.05) is 0 Å². The lowest BCUT2D eigenvalue weighted by Gasteiger charge is -2.04. The molecule has 0 bridgehead atoms. The molecule has 0 radical (unpaired) electrons. The van der Waals surface area contributed by atoms with Crippen LogP contribution in [0, 0.1) is 0 Å². The molecule has 0 amide bonds. The van der Waals surface area contributed by atoms with Gasteiger partial charge in [0.05, 0.1) is 0 Å². The van der Waals surface area contributed by atoms with Gasteiger partial charge in [-0.05, 0) is 26.8 Å². The average Bonchev–Trinajstić information content (AvgIpc) is 2.37. The highest BCUT2D eigenvalue weighted by atomic mass is 14.0. The van der Waals surface area contributed by atoms with Crippen molar-refractivity contribution in [1.82, 2.24) is 0 Å². The van der Waals surface area contributed by atoms with E-state index in [-0.39, 0.29) is 0 Å². The van der Waals surface area contributed by atoms with E-state index in [4.69, 9.17) is 0 Å². The number of hydrogen-bond donors (Lipinski definition) is 0. The largest absolute Gasteiger partial charge is 0.0911 e. The van der Waals surface area contributed by atoms with E-state index in [2.05, 4.69) is 55.1 Å². The van der Waals surface area contributed by atoms with Gasteiger partial charge in [-0.15, -0.1) is 0 Å². The highest BCUT2D eigenvalue weighted by molar-refractivity contribution is 6.09. The van der Waals surface area contributed by atoms with E-state index in [9.17, 15) is 0 Å². The fourth-order valence-corrected chi connectivity index (χ4v) is 2.06. The van der Waals surface area contributed by atoms with Crippen molar-refractivity contribution in [2.45, 2.75) is 13.8 Å². The van der Waals surface area contributed by atoms with Gasteiger partial charge in [-0.25, -0.2) is 0 Å². The minimum atomic E-state index is 1.11. The minimum absolute atomic E-state index is 1.11. The molecule has 0 atom stereocenters. The van der Waals surface area contributed by atoms with Crippen molar-refractivity contribution < 1.29 is 0 Å². The van der Waals surface area contributed by atoms with Crippen molar-refractivity contribution in [1.29, 1.82) is 0 Å². The van der Waals surface area contributed by atoms with Crippen LogP contribution >= 0.6 is 0 Å². The first-order valence-corrected chi connectivity index (χ1v) is 5.75. The summed E-state index contributed by atoms with van der Waals surface area (Å²) in [7, 11) is 0. The molecule has 0 nitrogen and oxygen atoms in total. The maximum Gasteiger partial charge on any atom is -0.00331 e. The van der Waals surface area contributed by atoms with Crippen molar-refractivity contribution in [2.24, 2.45) is 0 Å². The van der Waals surface area contributed by atoms with E-state index >= 15 is 0 Å². The van der Waals surface area contributed by atoms with E-state index in [1.54, 1.807) is 0 Å². The maximum atomic E-state index is 4.05. The topological polar surface area (TPSA) is 0 Å². The van der Waals surface area contributed by atoms with Crippen molar-refractivity contribution >= 4 is 28.1 Å². The molecule has 16 heavy (non-hydrogen) atoms. The summed E-state index contributed by atoms with van der Waals surface area (Å²) in [6.45, 7) is 8.05. The highest BCUT2D eigenvalue weighted by Gasteiger charge is 2.00.